The van der Waals surface area contributed by atoms with Crippen LogP contribution in [0.3, 0.4) is 0 Å². The van der Waals surface area contributed by atoms with Crippen LogP contribution in [0.1, 0.15) is 88.4 Å². The van der Waals surface area contributed by atoms with Crippen molar-refractivity contribution in [3.8, 4) is 0 Å². The molecule has 2 aromatic heterocycles. The van der Waals surface area contributed by atoms with Crippen molar-refractivity contribution in [1.82, 2.24) is 20.3 Å². The summed E-state index contributed by atoms with van der Waals surface area (Å²) in [6.07, 6.45) is 5.51. The van der Waals surface area contributed by atoms with Gasteiger partial charge in [0.05, 0.1) is 16.6 Å². The van der Waals surface area contributed by atoms with Gasteiger partial charge in [-0.2, -0.15) is 0 Å². The maximum absolute atomic E-state index is 13.9. The number of H-pyrrole nitrogens is 1. The average Bonchev–Trinajstić information content (AvgIpc) is 3.26. The average molecular weight is 475 g/mol. The Balaban J connectivity index is 1.29. The smallest absolute Gasteiger partial charge is 0.131 e. The minimum Gasteiger partial charge on any atom is -0.374 e. The number of aromatic nitrogens is 3. The summed E-state index contributed by atoms with van der Waals surface area (Å²) >= 11 is 0. The molecular weight excluding hydrogens is 439 g/mol. The fourth-order valence-electron chi connectivity index (χ4n) is 5.58. The van der Waals surface area contributed by atoms with E-state index in [1.54, 1.807) is 12.1 Å². The maximum atomic E-state index is 13.9. The number of benzene rings is 2. The molecule has 0 amide bonds. The highest BCUT2D eigenvalue weighted by Crippen LogP contribution is 2.43. The molecule has 0 spiro atoms. The zero-order chi connectivity index (χ0) is 24.7. The Labute approximate surface area is 206 Å². The Morgan fingerprint density at radius 2 is 1.77 bits per heavy atom. The summed E-state index contributed by atoms with van der Waals surface area (Å²) in [6.45, 7) is 8.37. The molecule has 6 heteroatoms. The SMILES string of the molecule is C[C@@H](c1nc2ccc(C(O)NC(C)(C)C)cc2[nH]1)[C@H]1CC[C@@H](c2ccnc3ccc(F)cc32)CC1. The monoisotopic (exact) mass is 474 g/mol. The molecule has 0 radical (unpaired) electrons. The summed E-state index contributed by atoms with van der Waals surface area (Å²) in [7, 11) is 0. The van der Waals surface area contributed by atoms with Crippen LogP contribution in [-0.2, 0) is 0 Å². The molecule has 1 aliphatic rings. The van der Waals surface area contributed by atoms with Crippen LogP contribution in [0, 0.1) is 11.7 Å². The molecule has 5 rings (SSSR count). The lowest BCUT2D eigenvalue weighted by atomic mass is 9.73. The van der Waals surface area contributed by atoms with Gasteiger partial charge in [0.25, 0.3) is 0 Å². The molecule has 1 fully saturated rings. The molecule has 4 aromatic rings. The van der Waals surface area contributed by atoms with Crippen LogP contribution in [0.25, 0.3) is 21.9 Å². The number of rotatable bonds is 5. The molecule has 2 atom stereocenters. The van der Waals surface area contributed by atoms with Gasteiger partial charge in [0.1, 0.15) is 17.9 Å². The van der Waals surface area contributed by atoms with E-state index in [0.717, 1.165) is 59.0 Å². The first-order chi connectivity index (χ1) is 16.7. The van der Waals surface area contributed by atoms with Crippen LogP contribution in [0.5, 0.6) is 0 Å². The highest BCUT2D eigenvalue weighted by Gasteiger charge is 2.29. The number of nitrogens with one attached hydrogen (secondary N) is 2. The van der Waals surface area contributed by atoms with Gasteiger partial charge < -0.3 is 10.1 Å². The van der Waals surface area contributed by atoms with Crippen LogP contribution in [0.15, 0.2) is 48.7 Å². The molecule has 3 N–H and O–H groups in total. The number of aliphatic hydroxyl groups is 1. The molecule has 5 nitrogen and oxygen atoms in total. The number of halogens is 1. The van der Waals surface area contributed by atoms with Crippen molar-refractivity contribution in [2.24, 2.45) is 5.92 Å². The Kier molecular flexibility index (Phi) is 6.36. The maximum Gasteiger partial charge on any atom is 0.131 e. The van der Waals surface area contributed by atoms with Gasteiger partial charge in [0.15, 0.2) is 0 Å². The molecule has 35 heavy (non-hydrogen) atoms. The number of fused-ring (bicyclic) bond motifs is 2. The Hall–Kier alpha value is -2.83. The second-order valence-electron chi connectivity index (χ2n) is 11.2. The molecular formula is C29H35FN4O. The standard InChI is InChI=1S/C29H35FN4O/c1-17(27-32-25-11-9-20(15-26(25)33-27)28(35)34-29(2,3)4)18-5-7-19(8-6-18)22-13-14-31-24-12-10-21(30)16-23(22)24/h9-19,28,34-35H,5-8H2,1-4H3,(H,32,33)/t17-,18-,19+,28?/m1/s1. The van der Waals surface area contributed by atoms with Crippen molar-refractivity contribution in [3.63, 3.8) is 0 Å². The van der Waals surface area contributed by atoms with E-state index in [4.69, 9.17) is 4.98 Å². The van der Waals surface area contributed by atoms with Crippen LogP contribution >= 0.6 is 0 Å². The number of imidazole rings is 1. The minimum absolute atomic E-state index is 0.183. The van der Waals surface area contributed by atoms with Gasteiger partial charge in [-0.3, -0.25) is 10.3 Å². The van der Waals surface area contributed by atoms with Crippen molar-refractivity contribution in [2.45, 2.75) is 77.0 Å². The van der Waals surface area contributed by atoms with E-state index in [9.17, 15) is 9.50 Å². The lowest BCUT2D eigenvalue weighted by molar-refractivity contribution is 0.107. The Morgan fingerprint density at radius 3 is 2.51 bits per heavy atom. The molecule has 1 unspecified atom stereocenters. The lowest BCUT2D eigenvalue weighted by Crippen LogP contribution is -2.38. The van der Waals surface area contributed by atoms with Gasteiger partial charge in [-0.15, -0.1) is 0 Å². The lowest BCUT2D eigenvalue weighted by Gasteiger charge is -2.32. The topological polar surface area (TPSA) is 73.8 Å². The predicted octanol–water partition coefficient (Wildman–Crippen LogP) is 6.71. The van der Waals surface area contributed by atoms with Gasteiger partial charge in [-0.25, -0.2) is 9.37 Å². The molecule has 1 aliphatic carbocycles. The normalized spacial score (nSPS) is 20.9. The summed E-state index contributed by atoms with van der Waals surface area (Å²) in [5.74, 6) is 2.10. The van der Waals surface area contributed by atoms with Gasteiger partial charge in [-0.1, -0.05) is 13.0 Å². The molecule has 2 aromatic carbocycles. The number of pyridine rings is 1. The summed E-state index contributed by atoms with van der Waals surface area (Å²) < 4.78 is 13.9. The second kappa shape index (κ2) is 9.32. The quantitative estimate of drug-likeness (QED) is 0.281. The molecule has 0 saturated heterocycles. The third-order valence-electron chi connectivity index (χ3n) is 7.50. The van der Waals surface area contributed by atoms with E-state index in [1.807, 2.05) is 45.2 Å². The van der Waals surface area contributed by atoms with Crippen molar-refractivity contribution in [3.05, 3.63) is 71.4 Å². The summed E-state index contributed by atoms with van der Waals surface area (Å²) in [5.41, 5.74) is 4.62. The molecule has 0 bridgehead atoms. The van der Waals surface area contributed by atoms with Crippen molar-refractivity contribution in [2.75, 3.05) is 0 Å². The fourth-order valence-corrected chi connectivity index (χ4v) is 5.58. The number of aromatic amines is 1. The summed E-state index contributed by atoms with van der Waals surface area (Å²) in [4.78, 5) is 12.8. The zero-order valence-corrected chi connectivity index (χ0v) is 21.0. The first-order valence-corrected chi connectivity index (χ1v) is 12.7. The van der Waals surface area contributed by atoms with Gasteiger partial charge in [0.2, 0.25) is 0 Å². The Morgan fingerprint density at radius 1 is 1.03 bits per heavy atom. The van der Waals surface area contributed by atoms with Crippen LogP contribution in [0.2, 0.25) is 0 Å². The van der Waals surface area contributed by atoms with E-state index in [-0.39, 0.29) is 11.4 Å². The number of nitrogens with zero attached hydrogens (tertiary/aromatic N) is 2. The molecule has 1 saturated carbocycles. The molecule has 184 valence electrons. The minimum atomic E-state index is -0.725. The number of hydrogen-bond acceptors (Lipinski definition) is 4. The van der Waals surface area contributed by atoms with Gasteiger partial charge in [0, 0.05) is 23.0 Å². The molecule has 0 aliphatic heterocycles. The highest BCUT2D eigenvalue weighted by atomic mass is 19.1. The Bertz CT molecular complexity index is 1330. The van der Waals surface area contributed by atoms with Crippen molar-refractivity contribution in [1.29, 1.82) is 0 Å². The van der Waals surface area contributed by atoms with Crippen LogP contribution in [-0.4, -0.2) is 25.6 Å². The van der Waals surface area contributed by atoms with Crippen molar-refractivity contribution >= 4 is 21.9 Å². The van der Waals surface area contributed by atoms with Crippen LogP contribution < -0.4 is 5.32 Å². The van der Waals surface area contributed by atoms with Gasteiger partial charge in [-0.05, 0) is 106 Å². The van der Waals surface area contributed by atoms with Crippen molar-refractivity contribution < 1.29 is 9.50 Å². The van der Waals surface area contributed by atoms with E-state index < -0.39 is 6.23 Å². The fraction of sp³-hybridized carbons (Fsp3) is 0.448. The number of hydrogen-bond donors (Lipinski definition) is 3. The third-order valence-corrected chi connectivity index (χ3v) is 7.50. The highest BCUT2D eigenvalue weighted by molar-refractivity contribution is 5.82. The largest absolute Gasteiger partial charge is 0.374 e. The van der Waals surface area contributed by atoms with Crippen LogP contribution in [0.4, 0.5) is 4.39 Å². The van der Waals surface area contributed by atoms with E-state index >= 15 is 0 Å². The van der Waals surface area contributed by atoms with E-state index in [0.29, 0.717) is 17.8 Å². The second-order valence-corrected chi connectivity index (χ2v) is 11.2. The first kappa shape index (κ1) is 23.9. The summed E-state index contributed by atoms with van der Waals surface area (Å²) in [5, 5.41) is 14.7. The van der Waals surface area contributed by atoms with E-state index in [1.165, 1.54) is 11.6 Å². The summed E-state index contributed by atoms with van der Waals surface area (Å²) in [6, 6.07) is 12.9. The predicted molar refractivity (Wildman–Crippen MR) is 139 cm³/mol. The van der Waals surface area contributed by atoms with E-state index in [2.05, 4.69) is 28.3 Å². The first-order valence-electron chi connectivity index (χ1n) is 12.7. The number of aliphatic hydroxyl groups excluding tert-OH is 1. The zero-order valence-electron chi connectivity index (χ0n) is 21.0. The van der Waals surface area contributed by atoms with Gasteiger partial charge >= 0.3 is 0 Å². The molecule has 2 heterocycles. The third kappa shape index (κ3) is 5.09.